The normalized spacial score (nSPS) is 22.5. The van der Waals surface area contributed by atoms with Crippen LogP contribution in [0.25, 0.3) is 11.0 Å². The van der Waals surface area contributed by atoms with Crippen LogP contribution in [0.15, 0.2) is 18.2 Å². The molecule has 6 heteroatoms. The Morgan fingerprint density at radius 3 is 3.00 bits per heavy atom. The molecule has 2 heterocycles. The number of aliphatic carboxylic acids is 1. The Balaban J connectivity index is 2.04. The summed E-state index contributed by atoms with van der Waals surface area (Å²) in [5.41, 5.74) is 1.70. The molecule has 0 aliphatic carbocycles. The summed E-state index contributed by atoms with van der Waals surface area (Å²) in [5.74, 6) is -0.149. The maximum atomic E-state index is 11.0. The number of hydrogen-bond acceptors (Lipinski definition) is 3. The van der Waals surface area contributed by atoms with E-state index in [4.69, 9.17) is 21.4 Å². The molecule has 1 N–H and O–H groups in total. The molecule has 5 nitrogen and oxygen atoms in total. The average molecular weight is 295 g/mol. The first kappa shape index (κ1) is 13.4. The van der Waals surface area contributed by atoms with E-state index < -0.39 is 12.1 Å². The predicted molar refractivity (Wildman–Crippen MR) is 74.9 cm³/mol. The standard InChI is InChI=1S/C14H15ClN2O3/c1-2-17-12-8(15)4-3-5-9(12)16-13(17)10-6-7-11(20-10)14(18)19/h3-5,10-11H,2,6-7H2,1H3,(H,18,19). The molecular weight excluding hydrogens is 280 g/mol. The first-order chi connectivity index (χ1) is 9.61. The lowest BCUT2D eigenvalue weighted by molar-refractivity contribution is -0.149. The number of ether oxygens (including phenoxy) is 1. The smallest absolute Gasteiger partial charge is 0.332 e. The van der Waals surface area contributed by atoms with E-state index in [1.54, 1.807) is 0 Å². The van der Waals surface area contributed by atoms with Crippen LogP contribution in [0.5, 0.6) is 0 Å². The summed E-state index contributed by atoms with van der Waals surface area (Å²) in [6.45, 7) is 2.73. The van der Waals surface area contributed by atoms with Crippen LogP contribution in [0.4, 0.5) is 0 Å². The largest absolute Gasteiger partial charge is 0.479 e. The summed E-state index contributed by atoms with van der Waals surface area (Å²) in [7, 11) is 0. The van der Waals surface area contributed by atoms with Crippen LogP contribution >= 0.6 is 11.6 Å². The zero-order chi connectivity index (χ0) is 14.3. The number of imidazole rings is 1. The van der Waals surface area contributed by atoms with E-state index in [0.717, 1.165) is 16.9 Å². The lowest BCUT2D eigenvalue weighted by Gasteiger charge is -2.13. The van der Waals surface area contributed by atoms with E-state index in [0.29, 0.717) is 24.4 Å². The zero-order valence-electron chi connectivity index (χ0n) is 11.0. The second-order valence-corrected chi connectivity index (χ2v) is 5.26. The molecule has 0 radical (unpaired) electrons. The van der Waals surface area contributed by atoms with E-state index >= 15 is 0 Å². The topological polar surface area (TPSA) is 64.4 Å². The molecule has 2 atom stereocenters. The highest BCUT2D eigenvalue weighted by Gasteiger charge is 2.34. The van der Waals surface area contributed by atoms with Crippen molar-refractivity contribution in [2.45, 2.75) is 38.5 Å². The number of carboxylic acid groups (broad SMARTS) is 1. The van der Waals surface area contributed by atoms with Gasteiger partial charge in [-0.05, 0) is 31.9 Å². The molecule has 0 spiro atoms. The van der Waals surface area contributed by atoms with Crippen molar-refractivity contribution in [2.75, 3.05) is 0 Å². The maximum absolute atomic E-state index is 11.0. The number of fused-ring (bicyclic) bond motifs is 1. The Labute approximate surface area is 121 Å². The van der Waals surface area contributed by atoms with E-state index in [1.165, 1.54) is 0 Å². The molecule has 1 fully saturated rings. The average Bonchev–Trinajstić information content (AvgIpc) is 3.03. The van der Waals surface area contributed by atoms with Gasteiger partial charge in [0.25, 0.3) is 0 Å². The second kappa shape index (κ2) is 5.07. The molecule has 106 valence electrons. The van der Waals surface area contributed by atoms with Gasteiger partial charge in [0.1, 0.15) is 11.9 Å². The molecule has 0 saturated carbocycles. The first-order valence-corrected chi connectivity index (χ1v) is 7.02. The molecule has 2 aromatic rings. The van der Waals surface area contributed by atoms with Gasteiger partial charge in [0.05, 0.1) is 16.1 Å². The van der Waals surface area contributed by atoms with Gasteiger partial charge in [-0.15, -0.1) is 0 Å². The number of benzene rings is 1. The van der Waals surface area contributed by atoms with Crippen molar-refractivity contribution in [3.05, 3.63) is 29.0 Å². The van der Waals surface area contributed by atoms with Crippen LogP contribution in [-0.4, -0.2) is 26.7 Å². The Hall–Kier alpha value is -1.59. The third-order valence-corrected chi connectivity index (χ3v) is 3.95. The molecule has 1 aromatic carbocycles. The molecule has 0 bridgehead atoms. The Bertz CT molecular complexity index is 668. The number of carboxylic acids is 1. The van der Waals surface area contributed by atoms with Crippen LogP contribution < -0.4 is 0 Å². The number of rotatable bonds is 3. The fraction of sp³-hybridized carbons (Fsp3) is 0.429. The van der Waals surface area contributed by atoms with Gasteiger partial charge < -0.3 is 14.4 Å². The molecule has 3 rings (SSSR count). The van der Waals surface area contributed by atoms with Gasteiger partial charge in [-0.25, -0.2) is 9.78 Å². The van der Waals surface area contributed by atoms with Gasteiger partial charge in [-0.2, -0.15) is 0 Å². The molecule has 0 amide bonds. The van der Waals surface area contributed by atoms with Crippen LogP contribution in [0, 0.1) is 0 Å². The molecule has 1 aliphatic heterocycles. The minimum atomic E-state index is -0.912. The first-order valence-electron chi connectivity index (χ1n) is 6.64. The van der Waals surface area contributed by atoms with Crippen molar-refractivity contribution in [2.24, 2.45) is 0 Å². The Morgan fingerprint density at radius 1 is 1.55 bits per heavy atom. The van der Waals surface area contributed by atoms with E-state index in [1.807, 2.05) is 29.7 Å². The fourth-order valence-electron chi connectivity index (χ4n) is 2.73. The van der Waals surface area contributed by atoms with Crippen molar-refractivity contribution in [1.29, 1.82) is 0 Å². The fourth-order valence-corrected chi connectivity index (χ4v) is 3.01. The summed E-state index contributed by atoms with van der Waals surface area (Å²) in [4.78, 5) is 15.6. The third kappa shape index (κ3) is 2.07. The molecule has 1 aromatic heterocycles. The molecule has 20 heavy (non-hydrogen) atoms. The molecular formula is C14H15ClN2O3. The van der Waals surface area contributed by atoms with E-state index in [-0.39, 0.29) is 6.10 Å². The molecule has 1 aliphatic rings. The summed E-state index contributed by atoms with van der Waals surface area (Å²) in [6, 6.07) is 5.59. The lowest BCUT2D eigenvalue weighted by Crippen LogP contribution is -2.19. The SMILES string of the molecule is CCn1c(C2CCC(C(=O)O)O2)nc2cccc(Cl)c21. The van der Waals surface area contributed by atoms with Gasteiger partial charge in [0.15, 0.2) is 6.10 Å². The van der Waals surface area contributed by atoms with Gasteiger partial charge >= 0.3 is 5.97 Å². The monoisotopic (exact) mass is 294 g/mol. The summed E-state index contributed by atoms with van der Waals surface area (Å²) >= 11 is 6.24. The summed E-state index contributed by atoms with van der Waals surface area (Å²) in [6.07, 6.45) is 0.165. The summed E-state index contributed by atoms with van der Waals surface area (Å²) in [5, 5.41) is 9.66. The highest BCUT2D eigenvalue weighted by molar-refractivity contribution is 6.35. The number of nitrogens with zero attached hydrogens (tertiary/aromatic N) is 2. The number of aromatic nitrogens is 2. The van der Waals surface area contributed by atoms with E-state index in [2.05, 4.69) is 4.98 Å². The number of carbonyl (C=O) groups is 1. The van der Waals surface area contributed by atoms with Crippen LogP contribution in [0.1, 0.15) is 31.7 Å². The zero-order valence-corrected chi connectivity index (χ0v) is 11.8. The molecule has 1 saturated heterocycles. The number of halogens is 1. The van der Waals surface area contributed by atoms with Gasteiger partial charge in [0.2, 0.25) is 0 Å². The van der Waals surface area contributed by atoms with Crippen LogP contribution in [-0.2, 0) is 16.1 Å². The van der Waals surface area contributed by atoms with Crippen LogP contribution in [0.2, 0.25) is 5.02 Å². The third-order valence-electron chi connectivity index (χ3n) is 3.65. The second-order valence-electron chi connectivity index (χ2n) is 4.85. The minimum absolute atomic E-state index is 0.278. The summed E-state index contributed by atoms with van der Waals surface area (Å²) < 4.78 is 7.60. The van der Waals surface area contributed by atoms with Gasteiger partial charge in [-0.3, -0.25) is 0 Å². The highest BCUT2D eigenvalue weighted by atomic mass is 35.5. The molecule has 2 unspecified atom stereocenters. The van der Waals surface area contributed by atoms with Gasteiger partial charge in [0, 0.05) is 6.54 Å². The van der Waals surface area contributed by atoms with Crippen molar-refractivity contribution in [1.82, 2.24) is 9.55 Å². The Morgan fingerprint density at radius 2 is 2.35 bits per heavy atom. The van der Waals surface area contributed by atoms with Crippen LogP contribution in [0.3, 0.4) is 0 Å². The van der Waals surface area contributed by atoms with Crippen molar-refractivity contribution in [3.63, 3.8) is 0 Å². The van der Waals surface area contributed by atoms with Crippen molar-refractivity contribution in [3.8, 4) is 0 Å². The number of hydrogen-bond donors (Lipinski definition) is 1. The highest BCUT2D eigenvalue weighted by Crippen LogP contribution is 2.35. The quantitative estimate of drug-likeness (QED) is 0.945. The van der Waals surface area contributed by atoms with Crippen molar-refractivity contribution < 1.29 is 14.6 Å². The number of aryl methyl sites for hydroxylation is 1. The number of para-hydroxylation sites is 1. The van der Waals surface area contributed by atoms with Gasteiger partial charge in [-0.1, -0.05) is 17.7 Å². The lowest BCUT2D eigenvalue weighted by atomic mass is 10.2. The predicted octanol–water partition coefficient (Wildman–Crippen LogP) is 3.01. The van der Waals surface area contributed by atoms with E-state index in [9.17, 15) is 4.79 Å². The van der Waals surface area contributed by atoms with Crippen molar-refractivity contribution >= 4 is 28.6 Å². The maximum Gasteiger partial charge on any atom is 0.332 e. The minimum Gasteiger partial charge on any atom is -0.479 e. The Kier molecular flexibility index (Phi) is 3.40.